The molecule has 112 valence electrons. The van der Waals surface area contributed by atoms with Crippen LogP contribution in [0.2, 0.25) is 0 Å². The van der Waals surface area contributed by atoms with Crippen LogP contribution in [0, 0.1) is 11.6 Å². The predicted molar refractivity (Wildman–Crippen MR) is 69.4 cm³/mol. The molecule has 0 amide bonds. The van der Waals surface area contributed by atoms with E-state index in [4.69, 9.17) is 5.73 Å². The number of anilines is 1. The van der Waals surface area contributed by atoms with Crippen molar-refractivity contribution in [2.45, 2.75) is 30.2 Å². The number of aliphatic hydroxyl groups excluding tert-OH is 1. The maximum Gasteiger partial charge on any atom is 0.246 e. The molecule has 1 saturated heterocycles. The number of halogens is 2. The molecule has 0 radical (unpaired) electrons. The summed E-state index contributed by atoms with van der Waals surface area (Å²) in [6, 6.07) is 1.10. The molecule has 0 aromatic heterocycles. The van der Waals surface area contributed by atoms with Crippen molar-refractivity contribution >= 4 is 15.7 Å². The summed E-state index contributed by atoms with van der Waals surface area (Å²) < 4.78 is 53.0. The SMILES string of the molecule is Nc1c(F)ccc(S(=O)(=O)N2CCCCC2CO)c1F. The summed E-state index contributed by atoms with van der Waals surface area (Å²) in [6.45, 7) is -0.137. The Balaban J connectivity index is 2.47. The predicted octanol–water partition coefficient (Wildman–Crippen LogP) is 1.08. The highest BCUT2D eigenvalue weighted by molar-refractivity contribution is 7.89. The van der Waals surface area contributed by atoms with Crippen LogP contribution < -0.4 is 5.73 Å². The molecule has 1 aromatic carbocycles. The first-order valence-corrected chi connectivity index (χ1v) is 7.69. The Kier molecular flexibility index (Phi) is 4.26. The average Bonchev–Trinajstić information content (AvgIpc) is 2.44. The van der Waals surface area contributed by atoms with Gasteiger partial charge < -0.3 is 10.8 Å². The van der Waals surface area contributed by atoms with E-state index in [0.29, 0.717) is 12.8 Å². The molecule has 5 nitrogen and oxygen atoms in total. The number of sulfonamides is 1. The standard InChI is InChI=1S/C12H16F2N2O3S/c13-9-4-5-10(11(14)12(9)15)20(18,19)16-6-2-1-3-8(16)7-17/h4-5,8,17H,1-3,6-7,15H2. The smallest absolute Gasteiger partial charge is 0.246 e. The molecule has 0 bridgehead atoms. The molecule has 1 aliphatic rings. The molecule has 0 saturated carbocycles. The fourth-order valence-corrected chi connectivity index (χ4v) is 4.11. The Bertz CT molecular complexity index is 607. The van der Waals surface area contributed by atoms with Crippen molar-refractivity contribution in [1.29, 1.82) is 0 Å². The molecule has 1 atom stereocenters. The third kappa shape index (κ3) is 2.50. The van der Waals surface area contributed by atoms with Crippen LogP contribution in [0.15, 0.2) is 17.0 Å². The summed E-state index contributed by atoms with van der Waals surface area (Å²) in [5, 5.41) is 9.26. The second-order valence-electron chi connectivity index (χ2n) is 4.72. The fourth-order valence-electron chi connectivity index (χ4n) is 2.35. The van der Waals surface area contributed by atoms with Crippen molar-refractivity contribution in [2.24, 2.45) is 0 Å². The molecular formula is C12H16F2N2O3S. The Hall–Kier alpha value is -1.25. The highest BCUT2D eigenvalue weighted by atomic mass is 32.2. The molecular weight excluding hydrogens is 290 g/mol. The first kappa shape index (κ1) is 15.1. The van der Waals surface area contributed by atoms with Gasteiger partial charge in [0.2, 0.25) is 10.0 Å². The third-order valence-electron chi connectivity index (χ3n) is 3.46. The normalized spacial score (nSPS) is 21.1. The average molecular weight is 306 g/mol. The molecule has 0 spiro atoms. The molecule has 1 heterocycles. The van der Waals surface area contributed by atoms with Gasteiger partial charge in [0.25, 0.3) is 0 Å². The Labute approximate surface area is 116 Å². The van der Waals surface area contributed by atoms with Gasteiger partial charge >= 0.3 is 0 Å². The van der Waals surface area contributed by atoms with E-state index in [0.717, 1.165) is 22.9 Å². The zero-order chi connectivity index (χ0) is 14.9. The molecule has 8 heteroatoms. The number of benzene rings is 1. The second-order valence-corrected chi connectivity index (χ2v) is 6.58. The van der Waals surface area contributed by atoms with Crippen molar-refractivity contribution in [3.8, 4) is 0 Å². The van der Waals surface area contributed by atoms with Gasteiger partial charge in [0, 0.05) is 12.6 Å². The maximum atomic E-state index is 13.9. The zero-order valence-corrected chi connectivity index (χ0v) is 11.5. The van der Waals surface area contributed by atoms with Gasteiger partial charge in [-0.05, 0) is 25.0 Å². The monoisotopic (exact) mass is 306 g/mol. The van der Waals surface area contributed by atoms with E-state index in [2.05, 4.69) is 0 Å². The van der Waals surface area contributed by atoms with Gasteiger partial charge in [0.15, 0.2) is 5.82 Å². The molecule has 0 aliphatic carbocycles. The van der Waals surface area contributed by atoms with Gasteiger partial charge in [-0.3, -0.25) is 0 Å². The van der Waals surface area contributed by atoms with Crippen LogP contribution in [0.25, 0.3) is 0 Å². The van der Waals surface area contributed by atoms with Crippen LogP contribution in [-0.4, -0.2) is 37.0 Å². The maximum absolute atomic E-state index is 13.9. The number of nitrogens with two attached hydrogens (primary N) is 1. The summed E-state index contributed by atoms with van der Waals surface area (Å²) in [6.07, 6.45) is 1.94. The summed E-state index contributed by atoms with van der Waals surface area (Å²) in [4.78, 5) is -0.656. The van der Waals surface area contributed by atoms with E-state index in [-0.39, 0.29) is 13.2 Å². The minimum Gasteiger partial charge on any atom is -0.395 e. The minimum absolute atomic E-state index is 0.199. The van der Waals surface area contributed by atoms with Crippen LogP contribution in [-0.2, 0) is 10.0 Å². The molecule has 1 fully saturated rings. The quantitative estimate of drug-likeness (QED) is 0.819. The van der Waals surface area contributed by atoms with E-state index in [9.17, 15) is 22.3 Å². The van der Waals surface area contributed by atoms with Crippen molar-refractivity contribution in [1.82, 2.24) is 4.31 Å². The van der Waals surface area contributed by atoms with Gasteiger partial charge in [-0.25, -0.2) is 17.2 Å². The second kappa shape index (κ2) is 5.63. The molecule has 1 aromatic rings. The summed E-state index contributed by atoms with van der Waals surface area (Å²) in [7, 11) is -4.14. The summed E-state index contributed by atoms with van der Waals surface area (Å²) in [5.74, 6) is -2.29. The van der Waals surface area contributed by atoms with Crippen LogP contribution in [0.5, 0.6) is 0 Å². The van der Waals surface area contributed by atoms with Gasteiger partial charge in [-0.15, -0.1) is 0 Å². The Morgan fingerprint density at radius 3 is 2.70 bits per heavy atom. The van der Waals surface area contributed by atoms with E-state index >= 15 is 0 Å². The van der Waals surface area contributed by atoms with Crippen molar-refractivity contribution in [2.75, 3.05) is 18.9 Å². The number of nitrogen functional groups attached to an aromatic ring is 1. The first-order chi connectivity index (χ1) is 9.39. The van der Waals surface area contributed by atoms with Gasteiger partial charge in [-0.1, -0.05) is 6.42 Å². The fraction of sp³-hybridized carbons (Fsp3) is 0.500. The van der Waals surface area contributed by atoms with Crippen LogP contribution >= 0.6 is 0 Å². The molecule has 1 aliphatic heterocycles. The minimum atomic E-state index is -4.14. The zero-order valence-electron chi connectivity index (χ0n) is 10.7. The van der Waals surface area contributed by atoms with Gasteiger partial charge in [-0.2, -0.15) is 4.31 Å². The number of hydrogen-bond acceptors (Lipinski definition) is 4. The number of aliphatic hydroxyl groups is 1. The van der Waals surface area contributed by atoms with Crippen LogP contribution in [0.4, 0.5) is 14.5 Å². The molecule has 1 unspecified atom stereocenters. The highest BCUT2D eigenvalue weighted by Crippen LogP contribution is 2.29. The third-order valence-corrected chi connectivity index (χ3v) is 5.43. The highest BCUT2D eigenvalue weighted by Gasteiger charge is 2.35. The summed E-state index contributed by atoms with van der Waals surface area (Å²) in [5.41, 5.74) is 4.38. The van der Waals surface area contributed by atoms with Gasteiger partial charge in [0.05, 0.1) is 6.61 Å². The van der Waals surface area contributed by atoms with Crippen LogP contribution in [0.3, 0.4) is 0 Å². The van der Waals surface area contributed by atoms with Crippen molar-refractivity contribution in [3.63, 3.8) is 0 Å². The topological polar surface area (TPSA) is 83.6 Å². The molecule has 3 N–H and O–H groups in total. The number of hydrogen-bond donors (Lipinski definition) is 2. The number of rotatable bonds is 3. The lowest BCUT2D eigenvalue weighted by atomic mass is 10.1. The number of nitrogens with zero attached hydrogens (tertiary/aromatic N) is 1. The Morgan fingerprint density at radius 1 is 1.35 bits per heavy atom. The van der Waals surface area contributed by atoms with E-state index in [1.165, 1.54) is 0 Å². The molecule has 20 heavy (non-hydrogen) atoms. The van der Waals surface area contributed by atoms with E-state index < -0.39 is 38.3 Å². The lowest BCUT2D eigenvalue weighted by molar-refractivity contribution is 0.155. The van der Waals surface area contributed by atoms with Crippen molar-refractivity contribution in [3.05, 3.63) is 23.8 Å². The van der Waals surface area contributed by atoms with Gasteiger partial charge in [0.1, 0.15) is 16.4 Å². The van der Waals surface area contributed by atoms with Crippen LogP contribution in [0.1, 0.15) is 19.3 Å². The van der Waals surface area contributed by atoms with E-state index in [1.807, 2.05) is 0 Å². The lowest BCUT2D eigenvalue weighted by Gasteiger charge is -2.33. The number of piperidine rings is 1. The molecule has 2 rings (SSSR count). The van der Waals surface area contributed by atoms with Crippen molar-refractivity contribution < 1.29 is 22.3 Å². The summed E-state index contributed by atoms with van der Waals surface area (Å²) >= 11 is 0. The first-order valence-electron chi connectivity index (χ1n) is 6.25. The van der Waals surface area contributed by atoms with E-state index in [1.54, 1.807) is 0 Å². The largest absolute Gasteiger partial charge is 0.395 e. The Morgan fingerprint density at radius 2 is 2.05 bits per heavy atom. The lowest BCUT2D eigenvalue weighted by Crippen LogP contribution is -2.45.